The topological polar surface area (TPSA) is 49.9 Å². The second kappa shape index (κ2) is 32.7. The van der Waals surface area contributed by atoms with Gasteiger partial charge in [-0.2, -0.15) is 0 Å². The molecule has 4 aliphatic rings. The van der Waals surface area contributed by atoms with Gasteiger partial charge in [0.15, 0.2) is 6.29 Å². The molecule has 9 unspecified atom stereocenters. The molecule has 0 saturated carbocycles. The molecule has 4 fully saturated rings. The fourth-order valence-corrected chi connectivity index (χ4v) is 15.0. The van der Waals surface area contributed by atoms with Gasteiger partial charge in [0.05, 0.1) is 24.4 Å². The van der Waals surface area contributed by atoms with Gasteiger partial charge in [-0.3, -0.25) is 19.6 Å². The van der Waals surface area contributed by atoms with E-state index in [9.17, 15) is 0 Å². The summed E-state index contributed by atoms with van der Waals surface area (Å²) in [6.45, 7) is 54.1. The lowest BCUT2D eigenvalue weighted by Gasteiger charge is -2.51. The van der Waals surface area contributed by atoms with Crippen LogP contribution in [0, 0.1) is 47.3 Å². The Kier molecular flexibility index (Phi) is 29.2. The minimum atomic E-state index is -0.378. The zero-order valence-corrected chi connectivity index (χ0v) is 52.4. The number of piperidine rings is 4. The fraction of sp³-hybridized carbons (Fsp3) is 1.00. The van der Waals surface area contributed by atoms with E-state index in [1.807, 2.05) is 0 Å². The van der Waals surface area contributed by atoms with E-state index in [1.165, 1.54) is 84.0 Å². The second-order valence-corrected chi connectivity index (χ2v) is 27.6. The van der Waals surface area contributed by atoms with Gasteiger partial charge in [0.2, 0.25) is 0 Å². The third-order valence-electron chi connectivity index (χ3n) is 18.8. The van der Waals surface area contributed by atoms with Crippen molar-refractivity contribution in [3.63, 3.8) is 0 Å². The number of hydrogen-bond acceptors (Lipinski definition) is 8. The van der Waals surface area contributed by atoms with Gasteiger partial charge in [0.25, 0.3) is 0 Å². The average molecular weight is 1030 g/mol. The first-order chi connectivity index (χ1) is 34.7. The van der Waals surface area contributed by atoms with Crippen molar-refractivity contribution in [1.82, 2.24) is 19.6 Å². The molecule has 4 aliphatic heterocycles. The molecule has 0 bridgehead atoms. The molecule has 0 radical (unpaired) electrons. The Morgan fingerprint density at radius 1 is 0.315 bits per heavy atom. The Hall–Kier alpha value is -0.320. The zero-order chi connectivity index (χ0) is 54.1. The predicted molar refractivity (Wildman–Crippen MR) is 314 cm³/mol. The van der Waals surface area contributed by atoms with Crippen molar-refractivity contribution < 1.29 is 18.9 Å². The van der Waals surface area contributed by atoms with Crippen LogP contribution in [0.4, 0.5) is 0 Å². The standard InChI is InChI=1S/C65H128N4O4/c1-21-31-66-56(44(5)6)36-52(37-57(66)45(7)8)70-35-29-27-25-26-28-30-64(71-53-38-58(46(9)10)67(32-22-2)59(39-53)47(11)12)65(72-54-40-60(48(13)14)68(33-23-3)61(41-54)49(15)16)73-55-42-62(50(17)18)69(34-24-4)63(43-55)51(19)20/h44-65H,21-43H2,1-20H3. The Balaban J connectivity index is 1.62. The van der Waals surface area contributed by atoms with Crippen LogP contribution < -0.4 is 0 Å². The van der Waals surface area contributed by atoms with Crippen LogP contribution in [-0.2, 0) is 18.9 Å². The van der Waals surface area contributed by atoms with E-state index in [0.29, 0.717) is 102 Å². The summed E-state index contributed by atoms with van der Waals surface area (Å²) in [7, 11) is 0. The smallest absolute Gasteiger partial charge is 0.184 e. The summed E-state index contributed by atoms with van der Waals surface area (Å²) in [5.41, 5.74) is 0. The Morgan fingerprint density at radius 2 is 0.562 bits per heavy atom. The second-order valence-electron chi connectivity index (χ2n) is 27.6. The first-order valence-corrected chi connectivity index (χ1v) is 32.3. The number of likely N-dealkylation sites (tertiary alicyclic amines) is 4. The van der Waals surface area contributed by atoms with Gasteiger partial charge >= 0.3 is 0 Å². The van der Waals surface area contributed by atoms with Crippen molar-refractivity contribution in [3.8, 4) is 0 Å². The van der Waals surface area contributed by atoms with Gasteiger partial charge in [0, 0.05) is 54.9 Å². The third kappa shape index (κ3) is 19.2. The first kappa shape index (κ1) is 65.2. The molecule has 4 rings (SSSR count). The predicted octanol–water partition coefficient (Wildman–Crippen LogP) is 15.8. The lowest BCUT2D eigenvalue weighted by Crippen LogP contribution is -2.58. The van der Waals surface area contributed by atoms with Crippen LogP contribution in [0.25, 0.3) is 0 Å². The Bertz CT molecular complexity index is 1320. The molecule has 73 heavy (non-hydrogen) atoms. The van der Waals surface area contributed by atoms with Crippen LogP contribution in [-0.4, -0.2) is 138 Å². The van der Waals surface area contributed by atoms with Crippen LogP contribution in [0.5, 0.6) is 0 Å². The molecule has 0 amide bonds. The SMILES string of the molecule is CCCN1C(C(C)C)CC(OCCCCCCCC(OC2CC(C(C)C)N(CCC)C(C(C)C)C2)C(OC2CC(C(C)C)N(CCC)C(C(C)C)C2)OC2CC(C(C)C)N(CCC)C(C(C)C)C2)CC1C(C)C. The van der Waals surface area contributed by atoms with E-state index >= 15 is 0 Å². The summed E-state index contributed by atoms with van der Waals surface area (Å²) in [6, 6.07) is 4.32. The monoisotopic (exact) mass is 1030 g/mol. The maximum atomic E-state index is 7.81. The third-order valence-corrected chi connectivity index (χ3v) is 18.8. The lowest BCUT2D eigenvalue weighted by atomic mass is 9.82. The minimum Gasteiger partial charge on any atom is -0.378 e. The number of hydrogen-bond donors (Lipinski definition) is 0. The highest BCUT2D eigenvalue weighted by atomic mass is 16.7. The van der Waals surface area contributed by atoms with Gasteiger partial charge in [-0.1, -0.05) is 164 Å². The minimum absolute atomic E-state index is 0.0968. The molecular formula is C65H128N4O4. The molecule has 4 saturated heterocycles. The molecule has 0 N–H and O–H groups in total. The van der Waals surface area contributed by atoms with Crippen LogP contribution in [0.2, 0.25) is 0 Å². The molecule has 0 aromatic heterocycles. The van der Waals surface area contributed by atoms with Gasteiger partial charge in [-0.05, 0) is 163 Å². The lowest BCUT2D eigenvalue weighted by molar-refractivity contribution is -0.275. The van der Waals surface area contributed by atoms with Crippen molar-refractivity contribution in [3.05, 3.63) is 0 Å². The van der Waals surface area contributed by atoms with Crippen LogP contribution in [0.15, 0.2) is 0 Å². The van der Waals surface area contributed by atoms with Crippen molar-refractivity contribution in [1.29, 1.82) is 0 Å². The molecule has 0 aromatic rings. The Morgan fingerprint density at radius 3 is 0.836 bits per heavy atom. The maximum absolute atomic E-state index is 7.81. The van der Waals surface area contributed by atoms with E-state index in [0.717, 1.165) is 64.4 Å². The highest BCUT2D eigenvalue weighted by Crippen LogP contribution is 2.40. The van der Waals surface area contributed by atoms with Gasteiger partial charge < -0.3 is 18.9 Å². The van der Waals surface area contributed by atoms with E-state index in [-0.39, 0.29) is 30.7 Å². The highest BCUT2D eigenvalue weighted by Gasteiger charge is 2.46. The van der Waals surface area contributed by atoms with Gasteiger partial charge in [-0.25, -0.2) is 0 Å². The molecular weight excluding hydrogens is 901 g/mol. The molecule has 0 aliphatic carbocycles. The summed E-state index contributed by atoms with van der Waals surface area (Å²) in [4.78, 5) is 11.5. The fourth-order valence-electron chi connectivity index (χ4n) is 15.0. The van der Waals surface area contributed by atoms with Crippen LogP contribution in [0.1, 0.15) is 254 Å². The quantitative estimate of drug-likeness (QED) is 0.0488. The van der Waals surface area contributed by atoms with Crippen molar-refractivity contribution in [2.75, 3.05) is 32.8 Å². The van der Waals surface area contributed by atoms with E-state index in [2.05, 4.69) is 158 Å². The van der Waals surface area contributed by atoms with Crippen molar-refractivity contribution >= 4 is 0 Å². The normalized spacial score (nSPS) is 31.7. The summed E-state index contributed by atoms with van der Waals surface area (Å²) in [5, 5.41) is 0. The first-order valence-electron chi connectivity index (χ1n) is 32.3. The number of ether oxygens (including phenoxy) is 4. The molecule has 9 atom stereocenters. The van der Waals surface area contributed by atoms with Crippen LogP contribution >= 0.6 is 0 Å². The van der Waals surface area contributed by atoms with E-state index in [1.54, 1.807) is 0 Å². The largest absolute Gasteiger partial charge is 0.378 e. The molecule has 8 heteroatoms. The molecule has 0 spiro atoms. The molecule has 8 nitrogen and oxygen atoms in total. The number of nitrogens with zero attached hydrogens (tertiary/aromatic N) is 4. The van der Waals surface area contributed by atoms with E-state index < -0.39 is 0 Å². The van der Waals surface area contributed by atoms with Gasteiger partial charge in [0.1, 0.15) is 6.10 Å². The molecule has 432 valence electrons. The van der Waals surface area contributed by atoms with Crippen molar-refractivity contribution in [2.24, 2.45) is 47.3 Å². The molecule has 4 heterocycles. The van der Waals surface area contributed by atoms with Crippen molar-refractivity contribution in [2.45, 2.75) is 339 Å². The Labute approximate surface area is 456 Å². The maximum Gasteiger partial charge on any atom is 0.184 e. The summed E-state index contributed by atoms with van der Waals surface area (Å²) >= 11 is 0. The number of unbranched alkanes of at least 4 members (excludes halogenated alkanes) is 4. The number of rotatable bonds is 32. The average Bonchev–Trinajstić information content (AvgIpc) is 3.32. The summed E-state index contributed by atoms with van der Waals surface area (Å²) in [5.74, 6) is 4.75. The molecule has 0 aromatic carbocycles. The zero-order valence-electron chi connectivity index (χ0n) is 52.4. The summed E-state index contributed by atoms with van der Waals surface area (Å²) in [6.07, 6.45) is 21.0. The van der Waals surface area contributed by atoms with E-state index in [4.69, 9.17) is 18.9 Å². The summed E-state index contributed by atoms with van der Waals surface area (Å²) < 4.78 is 30.1. The van der Waals surface area contributed by atoms with Crippen LogP contribution in [0.3, 0.4) is 0 Å². The van der Waals surface area contributed by atoms with Gasteiger partial charge in [-0.15, -0.1) is 0 Å². The highest BCUT2D eigenvalue weighted by molar-refractivity contribution is 4.97.